The van der Waals surface area contributed by atoms with E-state index in [2.05, 4.69) is 20.1 Å². The van der Waals surface area contributed by atoms with E-state index >= 15 is 0 Å². The molecule has 92 valence electrons. The van der Waals surface area contributed by atoms with Gasteiger partial charge in [-0.1, -0.05) is 12.8 Å². The molecule has 1 aromatic rings. The summed E-state index contributed by atoms with van der Waals surface area (Å²) in [5.41, 5.74) is 0. The Bertz CT molecular complexity index is 334. The van der Waals surface area contributed by atoms with Crippen LogP contribution < -0.4 is 5.32 Å². The van der Waals surface area contributed by atoms with E-state index in [-0.39, 0.29) is 24.8 Å². The van der Waals surface area contributed by atoms with Gasteiger partial charge < -0.3 is 9.88 Å². The lowest BCUT2D eigenvalue weighted by Crippen LogP contribution is -2.29. The van der Waals surface area contributed by atoms with Crippen LogP contribution in [0.1, 0.15) is 43.3 Å². The van der Waals surface area contributed by atoms with E-state index in [9.17, 15) is 0 Å². The molecule has 0 unspecified atom stereocenters. The second-order valence-electron chi connectivity index (χ2n) is 4.28. The van der Waals surface area contributed by atoms with Crippen molar-refractivity contribution >= 4 is 24.8 Å². The molecular weight excluding hydrogens is 247 g/mol. The standard InChI is InChI=1S/C10H16N4.2ClH/c1-2-4-8(3-1)10-13-12-9-7-11-5-6-14(9)10;;/h8,11H,1-7H2;2*1H. The van der Waals surface area contributed by atoms with Crippen LogP contribution in [0, 0.1) is 0 Å². The van der Waals surface area contributed by atoms with E-state index in [0.717, 1.165) is 25.5 Å². The van der Waals surface area contributed by atoms with Crippen LogP contribution in [-0.2, 0) is 13.1 Å². The minimum absolute atomic E-state index is 0. The quantitative estimate of drug-likeness (QED) is 0.843. The fourth-order valence-electron chi connectivity index (χ4n) is 2.60. The molecule has 4 nitrogen and oxygen atoms in total. The normalized spacial score (nSPS) is 19.8. The van der Waals surface area contributed by atoms with E-state index in [1.807, 2.05) is 0 Å². The molecule has 0 atom stereocenters. The Hall–Kier alpha value is -0.320. The number of hydrogen-bond donors (Lipinski definition) is 1. The second-order valence-corrected chi connectivity index (χ2v) is 4.28. The number of hydrogen-bond acceptors (Lipinski definition) is 3. The highest BCUT2D eigenvalue weighted by Gasteiger charge is 2.25. The van der Waals surface area contributed by atoms with Gasteiger partial charge in [0.25, 0.3) is 0 Å². The first kappa shape index (κ1) is 13.7. The zero-order valence-corrected chi connectivity index (χ0v) is 10.8. The molecule has 16 heavy (non-hydrogen) atoms. The minimum Gasteiger partial charge on any atom is -0.312 e. The maximum Gasteiger partial charge on any atom is 0.147 e. The van der Waals surface area contributed by atoms with Crippen LogP contribution in [0.15, 0.2) is 0 Å². The summed E-state index contributed by atoms with van der Waals surface area (Å²) in [6.07, 6.45) is 5.35. The van der Waals surface area contributed by atoms with Crippen LogP contribution in [0.4, 0.5) is 0 Å². The van der Waals surface area contributed by atoms with Gasteiger partial charge in [-0.25, -0.2) is 0 Å². The molecule has 2 heterocycles. The Balaban J connectivity index is 0.000000640. The summed E-state index contributed by atoms with van der Waals surface area (Å²) in [7, 11) is 0. The number of nitrogens with zero attached hydrogens (tertiary/aromatic N) is 3. The summed E-state index contributed by atoms with van der Waals surface area (Å²) in [5.74, 6) is 3.06. The zero-order chi connectivity index (χ0) is 9.38. The molecule has 0 amide bonds. The van der Waals surface area contributed by atoms with Gasteiger partial charge in [-0.05, 0) is 12.8 Å². The summed E-state index contributed by atoms with van der Waals surface area (Å²) >= 11 is 0. The number of aromatic nitrogens is 3. The lowest BCUT2D eigenvalue weighted by molar-refractivity contribution is 0.478. The molecule has 1 aromatic heterocycles. The first-order valence-corrected chi connectivity index (χ1v) is 5.58. The van der Waals surface area contributed by atoms with Crippen molar-refractivity contribution in [3.63, 3.8) is 0 Å². The Kier molecular flexibility index (Phi) is 5.02. The minimum atomic E-state index is 0. The van der Waals surface area contributed by atoms with Gasteiger partial charge in [0.15, 0.2) is 0 Å². The summed E-state index contributed by atoms with van der Waals surface area (Å²) in [6.45, 7) is 3.00. The smallest absolute Gasteiger partial charge is 0.147 e. The van der Waals surface area contributed by atoms with Gasteiger partial charge in [0.2, 0.25) is 0 Å². The average molecular weight is 265 g/mol. The molecule has 2 aliphatic rings. The van der Waals surface area contributed by atoms with Gasteiger partial charge in [-0.2, -0.15) is 0 Å². The summed E-state index contributed by atoms with van der Waals surface area (Å²) in [6, 6.07) is 0. The van der Waals surface area contributed by atoms with Crippen molar-refractivity contribution in [3.05, 3.63) is 11.6 Å². The molecule has 0 spiro atoms. The van der Waals surface area contributed by atoms with Gasteiger partial charge in [-0.15, -0.1) is 35.0 Å². The van der Waals surface area contributed by atoms with Gasteiger partial charge in [0, 0.05) is 19.0 Å². The maximum absolute atomic E-state index is 4.35. The third-order valence-corrected chi connectivity index (χ3v) is 3.37. The van der Waals surface area contributed by atoms with Crippen molar-refractivity contribution in [2.45, 2.75) is 44.7 Å². The molecule has 1 saturated carbocycles. The topological polar surface area (TPSA) is 42.7 Å². The Morgan fingerprint density at radius 2 is 1.88 bits per heavy atom. The first-order chi connectivity index (χ1) is 6.95. The Morgan fingerprint density at radius 1 is 1.12 bits per heavy atom. The second kappa shape index (κ2) is 5.84. The third kappa shape index (κ3) is 2.34. The van der Waals surface area contributed by atoms with Crippen LogP contribution in [0.3, 0.4) is 0 Å². The molecule has 1 N–H and O–H groups in total. The third-order valence-electron chi connectivity index (χ3n) is 3.37. The van der Waals surface area contributed by atoms with Gasteiger partial charge in [0.1, 0.15) is 11.6 Å². The lowest BCUT2D eigenvalue weighted by Gasteiger charge is -2.18. The summed E-state index contributed by atoms with van der Waals surface area (Å²) in [4.78, 5) is 0. The fraction of sp³-hybridized carbons (Fsp3) is 0.800. The van der Waals surface area contributed by atoms with Crippen molar-refractivity contribution in [1.29, 1.82) is 0 Å². The molecule has 3 rings (SSSR count). The molecule has 0 saturated heterocycles. The van der Waals surface area contributed by atoms with E-state index in [1.165, 1.54) is 31.5 Å². The lowest BCUT2D eigenvalue weighted by atomic mass is 10.1. The fourth-order valence-corrected chi connectivity index (χ4v) is 2.60. The zero-order valence-electron chi connectivity index (χ0n) is 9.19. The highest BCUT2D eigenvalue weighted by Crippen LogP contribution is 2.33. The van der Waals surface area contributed by atoms with Crippen LogP contribution in [-0.4, -0.2) is 21.3 Å². The SMILES string of the molecule is C1CCC(c2nnc3n2CCNC3)C1.Cl.Cl. The summed E-state index contributed by atoms with van der Waals surface area (Å²) < 4.78 is 2.33. The first-order valence-electron chi connectivity index (χ1n) is 5.58. The number of nitrogens with one attached hydrogen (secondary N) is 1. The Morgan fingerprint density at radius 3 is 2.62 bits per heavy atom. The van der Waals surface area contributed by atoms with E-state index in [1.54, 1.807) is 0 Å². The molecule has 0 aromatic carbocycles. The van der Waals surface area contributed by atoms with Gasteiger partial charge >= 0.3 is 0 Å². The van der Waals surface area contributed by atoms with Crippen molar-refractivity contribution in [3.8, 4) is 0 Å². The van der Waals surface area contributed by atoms with E-state index in [4.69, 9.17) is 0 Å². The van der Waals surface area contributed by atoms with Crippen LogP contribution in [0.5, 0.6) is 0 Å². The van der Waals surface area contributed by atoms with Crippen LogP contribution in [0.2, 0.25) is 0 Å². The number of halogens is 2. The number of fused-ring (bicyclic) bond motifs is 1. The van der Waals surface area contributed by atoms with Crippen molar-refractivity contribution in [2.24, 2.45) is 0 Å². The van der Waals surface area contributed by atoms with Crippen LogP contribution in [0.25, 0.3) is 0 Å². The Labute approximate surface area is 108 Å². The molecule has 0 radical (unpaired) electrons. The molecule has 1 fully saturated rings. The highest BCUT2D eigenvalue weighted by atomic mass is 35.5. The molecule has 1 aliphatic carbocycles. The van der Waals surface area contributed by atoms with Gasteiger partial charge in [0.05, 0.1) is 6.54 Å². The van der Waals surface area contributed by atoms with Crippen LogP contribution >= 0.6 is 24.8 Å². The van der Waals surface area contributed by atoms with E-state index in [0.29, 0.717) is 5.92 Å². The molecular formula is C10H18Cl2N4. The van der Waals surface area contributed by atoms with Gasteiger partial charge in [-0.3, -0.25) is 0 Å². The van der Waals surface area contributed by atoms with Crippen molar-refractivity contribution < 1.29 is 0 Å². The predicted molar refractivity (Wildman–Crippen MR) is 67.4 cm³/mol. The highest BCUT2D eigenvalue weighted by molar-refractivity contribution is 5.85. The molecule has 0 bridgehead atoms. The monoisotopic (exact) mass is 264 g/mol. The molecule has 1 aliphatic heterocycles. The van der Waals surface area contributed by atoms with E-state index < -0.39 is 0 Å². The number of rotatable bonds is 1. The predicted octanol–water partition coefficient (Wildman–Crippen LogP) is 1.88. The van der Waals surface area contributed by atoms with Crippen molar-refractivity contribution in [2.75, 3.05) is 6.54 Å². The molecule has 6 heteroatoms. The maximum atomic E-state index is 4.35. The largest absolute Gasteiger partial charge is 0.312 e. The summed E-state index contributed by atoms with van der Waals surface area (Å²) in [5, 5.41) is 11.9. The average Bonchev–Trinajstić information content (AvgIpc) is 2.85. The van der Waals surface area contributed by atoms with Crippen molar-refractivity contribution in [1.82, 2.24) is 20.1 Å².